The number of hydrogen-bond donors (Lipinski definition) is 1. The summed E-state index contributed by atoms with van der Waals surface area (Å²) in [6.07, 6.45) is 0. The highest BCUT2D eigenvalue weighted by atomic mass is 16.5. The van der Waals surface area contributed by atoms with E-state index in [0.717, 1.165) is 11.1 Å². The van der Waals surface area contributed by atoms with Crippen molar-refractivity contribution in [1.29, 1.82) is 0 Å². The number of hydrogen-bond acceptors (Lipinski definition) is 4. The van der Waals surface area contributed by atoms with Gasteiger partial charge in [0.1, 0.15) is 6.54 Å². The Labute approximate surface area is 159 Å². The van der Waals surface area contributed by atoms with Crippen LogP contribution in [0.1, 0.15) is 35.3 Å². The molecule has 0 unspecified atom stereocenters. The summed E-state index contributed by atoms with van der Waals surface area (Å²) >= 11 is 0. The van der Waals surface area contributed by atoms with E-state index in [1.165, 1.54) is 11.8 Å². The van der Waals surface area contributed by atoms with Gasteiger partial charge < -0.3 is 15.0 Å². The molecule has 0 atom stereocenters. The molecular formula is C21H24N2O4. The van der Waals surface area contributed by atoms with Gasteiger partial charge in [-0.2, -0.15) is 0 Å². The number of amides is 2. The third kappa shape index (κ3) is 5.41. The van der Waals surface area contributed by atoms with Crippen LogP contribution in [-0.4, -0.2) is 30.9 Å². The van der Waals surface area contributed by atoms with Crippen molar-refractivity contribution < 1.29 is 19.1 Å². The molecule has 0 aliphatic carbocycles. The molecule has 0 aliphatic rings. The molecule has 0 aliphatic heterocycles. The molecule has 2 aromatic rings. The molecule has 0 spiro atoms. The van der Waals surface area contributed by atoms with Crippen molar-refractivity contribution in [2.75, 3.05) is 23.4 Å². The lowest BCUT2D eigenvalue weighted by Crippen LogP contribution is -2.36. The number of nitrogens with zero attached hydrogens (tertiary/aromatic N) is 1. The second kappa shape index (κ2) is 8.98. The number of nitrogens with one attached hydrogen (secondary N) is 1. The van der Waals surface area contributed by atoms with Crippen molar-refractivity contribution in [2.45, 2.75) is 27.7 Å². The largest absolute Gasteiger partial charge is 0.462 e. The lowest BCUT2D eigenvalue weighted by molar-refractivity contribution is -0.120. The van der Waals surface area contributed by atoms with Crippen LogP contribution in [0.3, 0.4) is 0 Å². The Hall–Kier alpha value is -3.15. The van der Waals surface area contributed by atoms with Crippen molar-refractivity contribution in [2.24, 2.45) is 0 Å². The second-order valence-electron chi connectivity index (χ2n) is 6.22. The van der Waals surface area contributed by atoms with Gasteiger partial charge in [-0.05, 0) is 68.3 Å². The third-order valence-electron chi connectivity index (χ3n) is 4.16. The minimum atomic E-state index is -0.409. The summed E-state index contributed by atoms with van der Waals surface area (Å²) in [6, 6.07) is 12.0. The van der Waals surface area contributed by atoms with Gasteiger partial charge in [0, 0.05) is 18.3 Å². The summed E-state index contributed by atoms with van der Waals surface area (Å²) in [5, 5.41) is 2.74. The summed E-state index contributed by atoms with van der Waals surface area (Å²) in [5.41, 5.74) is 3.80. The highest BCUT2D eigenvalue weighted by Gasteiger charge is 2.16. The van der Waals surface area contributed by atoms with Gasteiger partial charge >= 0.3 is 5.97 Å². The number of anilines is 2. The highest BCUT2D eigenvalue weighted by Crippen LogP contribution is 2.19. The quantitative estimate of drug-likeness (QED) is 0.792. The number of carbonyl (C=O) groups is 3. The minimum Gasteiger partial charge on any atom is -0.462 e. The van der Waals surface area contributed by atoms with Crippen LogP contribution in [0, 0.1) is 13.8 Å². The van der Waals surface area contributed by atoms with Crippen LogP contribution in [0.15, 0.2) is 42.5 Å². The van der Waals surface area contributed by atoms with E-state index in [9.17, 15) is 14.4 Å². The Morgan fingerprint density at radius 3 is 2.22 bits per heavy atom. The van der Waals surface area contributed by atoms with Gasteiger partial charge in [0.2, 0.25) is 11.8 Å². The van der Waals surface area contributed by atoms with Crippen molar-refractivity contribution in [1.82, 2.24) is 0 Å². The van der Waals surface area contributed by atoms with Gasteiger partial charge in [-0.3, -0.25) is 9.59 Å². The van der Waals surface area contributed by atoms with E-state index in [4.69, 9.17) is 4.74 Å². The first-order chi connectivity index (χ1) is 12.8. The Balaban J connectivity index is 2.06. The van der Waals surface area contributed by atoms with Gasteiger partial charge in [0.25, 0.3) is 0 Å². The zero-order valence-corrected chi connectivity index (χ0v) is 16.0. The Morgan fingerprint density at radius 2 is 1.67 bits per heavy atom. The molecule has 0 aromatic heterocycles. The van der Waals surface area contributed by atoms with Crippen LogP contribution in [0.2, 0.25) is 0 Å². The molecule has 2 aromatic carbocycles. The summed E-state index contributed by atoms with van der Waals surface area (Å²) in [7, 11) is 0. The standard InChI is InChI=1S/C21H24N2O4/c1-5-27-21(26)17-7-9-18(10-8-17)22-20(25)13-23(16(4)24)19-11-6-14(2)15(3)12-19/h6-12H,5,13H2,1-4H3,(H,22,25). The van der Waals surface area contributed by atoms with Gasteiger partial charge in [0.15, 0.2) is 0 Å². The number of benzene rings is 2. The molecule has 2 amide bonds. The fourth-order valence-corrected chi connectivity index (χ4v) is 2.53. The van der Waals surface area contributed by atoms with Gasteiger partial charge in [-0.1, -0.05) is 6.07 Å². The maximum atomic E-state index is 12.4. The first-order valence-electron chi connectivity index (χ1n) is 8.74. The third-order valence-corrected chi connectivity index (χ3v) is 4.16. The molecule has 0 radical (unpaired) electrons. The summed E-state index contributed by atoms with van der Waals surface area (Å²) in [4.78, 5) is 37.5. The number of ether oxygens (including phenoxy) is 1. The molecule has 142 valence electrons. The predicted molar refractivity (Wildman–Crippen MR) is 105 cm³/mol. The molecule has 0 heterocycles. The number of esters is 1. The maximum Gasteiger partial charge on any atom is 0.338 e. The maximum absolute atomic E-state index is 12.4. The van der Waals surface area contributed by atoms with E-state index in [2.05, 4.69) is 5.32 Å². The molecule has 6 nitrogen and oxygen atoms in total. The molecular weight excluding hydrogens is 344 g/mol. The summed E-state index contributed by atoms with van der Waals surface area (Å²) < 4.78 is 4.92. The average Bonchev–Trinajstić information content (AvgIpc) is 2.62. The molecule has 0 saturated heterocycles. The molecule has 0 bridgehead atoms. The van der Waals surface area contributed by atoms with Crippen LogP contribution >= 0.6 is 0 Å². The van der Waals surface area contributed by atoms with Crippen LogP contribution in [0.25, 0.3) is 0 Å². The smallest absolute Gasteiger partial charge is 0.338 e. The number of aryl methyl sites for hydroxylation is 2. The average molecular weight is 368 g/mol. The zero-order chi connectivity index (χ0) is 20.0. The lowest BCUT2D eigenvalue weighted by Gasteiger charge is -2.21. The van der Waals surface area contributed by atoms with Crippen molar-refractivity contribution in [3.8, 4) is 0 Å². The molecule has 27 heavy (non-hydrogen) atoms. The zero-order valence-electron chi connectivity index (χ0n) is 16.0. The van der Waals surface area contributed by atoms with E-state index in [1.54, 1.807) is 31.2 Å². The molecule has 1 N–H and O–H groups in total. The topological polar surface area (TPSA) is 75.7 Å². The summed E-state index contributed by atoms with van der Waals surface area (Å²) in [5.74, 6) is -0.953. The number of rotatable bonds is 6. The lowest BCUT2D eigenvalue weighted by atomic mass is 10.1. The van der Waals surface area contributed by atoms with Gasteiger partial charge in [-0.15, -0.1) is 0 Å². The van der Waals surface area contributed by atoms with Crippen molar-refractivity contribution >= 4 is 29.2 Å². The first-order valence-corrected chi connectivity index (χ1v) is 8.74. The first kappa shape index (κ1) is 20.2. The van der Waals surface area contributed by atoms with E-state index in [-0.39, 0.29) is 18.4 Å². The predicted octanol–water partition coefficient (Wildman–Crippen LogP) is 3.47. The molecule has 0 fully saturated rings. The fraction of sp³-hybridized carbons (Fsp3) is 0.286. The van der Waals surface area contributed by atoms with Gasteiger partial charge in [0.05, 0.1) is 12.2 Å². The fourth-order valence-electron chi connectivity index (χ4n) is 2.53. The second-order valence-corrected chi connectivity index (χ2v) is 6.22. The number of carbonyl (C=O) groups excluding carboxylic acids is 3. The Kier molecular flexibility index (Phi) is 6.71. The Bertz CT molecular complexity index is 844. The minimum absolute atomic E-state index is 0.0997. The monoisotopic (exact) mass is 368 g/mol. The van der Waals surface area contributed by atoms with E-state index >= 15 is 0 Å². The Morgan fingerprint density at radius 1 is 1.00 bits per heavy atom. The SMILES string of the molecule is CCOC(=O)c1ccc(NC(=O)CN(C(C)=O)c2ccc(C)c(C)c2)cc1. The van der Waals surface area contributed by atoms with Crippen LogP contribution in [0.4, 0.5) is 11.4 Å². The normalized spacial score (nSPS) is 10.2. The highest BCUT2D eigenvalue weighted by molar-refractivity contribution is 6.02. The van der Waals surface area contributed by atoms with Gasteiger partial charge in [-0.25, -0.2) is 4.79 Å². The van der Waals surface area contributed by atoms with E-state index < -0.39 is 5.97 Å². The molecule has 0 saturated carbocycles. The van der Waals surface area contributed by atoms with E-state index in [0.29, 0.717) is 23.5 Å². The van der Waals surface area contributed by atoms with E-state index in [1.807, 2.05) is 32.0 Å². The molecule has 2 rings (SSSR count). The van der Waals surface area contributed by atoms with Crippen molar-refractivity contribution in [3.63, 3.8) is 0 Å². The molecule has 6 heteroatoms. The van der Waals surface area contributed by atoms with Crippen molar-refractivity contribution in [3.05, 3.63) is 59.2 Å². The van der Waals surface area contributed by atoms with Crippen LogP contribution < -0.4 is 10.2 Å². The summed E-state index contributed by atoms with van der Waals surface area (Å²) in [6.45, 7) is 7.32. The van der Waals surface area contributed by atoms with Crippen LogP contribution in [-0.2, 0) is 14.3 Å². The van der Waals surface area contributed by atoms with Crippen LogP contribution in [0.5, 0.6) is 0 Å².